The fraction of sp³-hybridized carbons (Fsp3) is 0.227. The molecule has 0 bridgehead atoms. The molecule has 0 aliphatic rings. The van der Waals surface area contributed by atoms with E-state index in [9.17, 15) is 14.7 Å². The molecule has 0 saturated heterocycles. The lowest BCUT2D eigenvalue weighted by Gasteiger charge is -2.19. The predicted octanol–water partition coefficient (Wildman–Crippen LogP) is 3.79. The number of benzene rings is 2. The molecule has 162 valence electrons. The zero-order chi connectivity index (χ0) is 22.6. The van der Waals surface area contributed by atoms with Gasteiger partial charge in [0.1, 0.15) is 6.10 Å². The molecule has 2 aromatic rings. The number of nitrogens with one attached hydrogen (secondary N) is 2. The van der Waals surface area contributed by atoms with Crippen LogP contribution in [0.3, 0.4) is 0 Å². The molecule has 9 heteroatoms. The van der Waals surface area contributed by atoms with E-state index in [4.69, 9.17) is 19.9 Å². The summed E-state index contributed by atoms with van der Waals surface area (Å²) in [5.41, 5.74) is 3.01. The number of ether oxygens (including phenoxy) is 2. The average molecular weight is 425 g/mol. The summed E-state index contributed by atoms with van der Waals surface area (Å²) in [6.45, 7) is 0. The number of hydrogen-bond donors (Lipinski definition) is 4. The first-order valence-corrected chi connectivity index (χ1v) is 9.42. The highest BCUT2D eigenvalue weighted by atomic mass is 16.6. The van der Waals surface area contributed by atoms with Gasteiger partial charge in [0.2, 0.25) is 0 Å². The zero-order valence-electron chi connectivity index (χ0n) is 16.9. The topological polar surface area (TPSA) is 141 Å². The van der Waals surface area contributed by atoms with Gasteiger partial charge in [0, 0.05) is 11.8 Å². The molecule has 0 radical (unpaired) electrons. The van der Waals surface area contributed by atoms with Crippen LogP contribution in [0.15, 0.2) is 54.6 Å². The van der Waals surface area contributed by atoms with Crippen molar-refractivity contribution < 1.29 is 29.4 Å². The molecule has 0 aliphatic heterocycles. The number of unbranched alkanes of at least 4 members (excludes halogenated alkanes) is 1. The number of hydrogen-bond acceptors (Lipinski definition) is 7. The summed E-state index contributed by atoms with van der Waals surface area (Å²) < 4.78 is 10.6. The minimum atomic E-state index is -0.694. The van der Waals surface area contributed by atoms with Crippen molar-refractivity contribution in [3.63, 3.8) is 0 Å². The minimum Gasteiger partial charge on any atom is -0.504 e. The fourth-order valence-electron chi connectivity index (χ4n) is 2.75. The Kier molecular flexibility index (Phi) is 8.89. The summed E-state index contributed by atoms with van der Waals surface area (Å²) in [5.74, 6) is -0.419. The first kappa shape index (κ1) is 23.3. The molecule has 9 nitrogen and oxygen atoms in total. The van der Waals surface area contributed by atoms with Crippen LogP contribution in [0.25, 0.3) is 0 Å². The van der Waals surface area contributed by atoms with Gasteiger partial charge in [0.25, 0.3) is 5.91 Å². The van der Waals surface area contributed by atoms with Crippen molar-refractivity contribution in [2.75, 3.05) is 12.4 Å². The Labute approximate surface area is 179 Å². The van der Waals surface area contributed by atoms with Gasteiger partial charge in [-0.25, -0.2) is 10.3 Å². The van der Waals surface area contributed by atoms with E-state index in [1.807, 2.05) is 6.07 Å². The summed E-state index contributed by atoms with van der Waals surface area (Å²) in [7, 11) is 1.43. The molecule has 0 aromatic heterocycles. The summed E-state index contributed by atoms with van der Waals surface area (Å²) in [5, 5.41) is 30.0. The number of nitriles is 1. The lowest BCUT2D eigenvalue weighted by atomic mass is 10.0. The number of phenolic OH excluding ortho intramolecular Hbond substituents is 1. The molecular formula is C22H23N3O6. The number of nitrogens with zero attached hydrogens (tertiary/aromatic N) is 1. The molecule has 31 heavy (non-hydrogen) atoms. The van der Waals surface area contributed by atoms with Crippen molar-refractivity contribution in [2.24, 2.45) is 0 Å². The Morgan fingerprint density at radius 2 is 1.97 bits per heavy atom. The first-order chi connectivity index (χ1) is 15.0. The van der Waals surface area contributed by atoms with Crippen LogP contribution >= 0.6 is 0 Å². The summed E-state index contributed by atoms with van der Waals surface area (Å²) in [6.07, 6.45) is 2.91. The van der Waals surface area contributed by atoms with E-state index in [2.05, 4.69) is 5.32 Å². The van der Waals surface area contributed by atoms with Gasteiger partial charge in [-0.3, -0.25) is 15.3 Å². The summed E-state index contributed by atoms with van der Waals surface area (Å²) in [4.78, 5) is 23.4. The van der Waals surface area contributed by atoms with Crippen molar-refractivity contribution in [2.45, 2.75) is 25.4 Å². The number of carbonyl (C=O) groups excluding carboxylic acids is 2. The van der Waals surface area contributed by atoms with Gasteiger partial charge >= 0.3 is 6.09 Å². The minimum absolute atomic E-state index is 0.0828. The highest BCUT2D eigenvalue weighted by Crippen LogP contribution is 2.32. The molecule has 1 atom stereocenters. The lowest BCUT2D eigenvalue weighted by Crippen LogP contribution is -2.17. The van der Waals surface area contributed by atoms with E-state index in [1.54, 1.807) is 42.5 Å². The fourth-order valence-corrected chi connectivity index (χ4v) is 2.75. The second-order valence-corrected chi connectivity index (χ2v) is 6.45. The Bertz CT molecular complexity index is 966. The number of aromatic hydroxyl groups is 1. The van der Waals surface area contributed by atoms with Crippen LogP contribution in [0.1, 0.15) is 36.5 Å². The van der Waals surface area contributed by atoms with Gasteiger partial charge in [-0.2, -0.15) is 5.26 Å². The van der Waals surface area contributed by atoms with Crippen molar-refractivity contribution in [1.29, 1.82) is 5.26 Å². The second-order valence-electron chi connectivity index (χ2n) is 6.45. The van der Waals surface area contributed by atoms with Crippen molar-refractivity contribution in [3.05, 3.63) is 65.7 Å². The first-order valence-electron chi connectivity index (χ1n) is 9.42. The maximum Gasteiger partial charge on any atom is 0.412 e. The van der Waals surface area contributed by atoms with Crippen LogP contribution in [0, 0.1) is 11.3 Å². The number of allylic oxidation sites excluding steroid dienone is 1. The van der Waals surface area contributed by atoms with Crippen molar-refractivity contribution in [1.82, 2.24) is 5.48 Å². The van der Waals surface area contributed by atoms with Gasteiger partial charge in [-0.1, -0.05) is 12.1 Å². The van der Waals surface area contributed by atoms with E-state index in [0.717, 1.165) is 0 Å². The van der Waals surface area contributed by atoms with E-state index in [1.165, 1.54) is 24.7 Å². The molecule has 4 N–H and O–H groups in total. The molecule has 0 fully saturated rings. The number of carbonyl (C=O) groups is 2. The third kappa shape index (κ3) is 7.38. The molecular weight excluding hydrogens is 402 g/mol. The predicted molar refractivity (Wildman–Crippen MR) is 112 cm³/mol. The van der Waals surface area contributed by atoms with Crippen molar-refractivity contribution in [3.8, 4) is 17.6 Å². The van der Waals surface area contributed by atoms with Gasteiger partial charge in [0.15, 0.2) is 11.5 Å². The number of phenols is 1. The lowest BCUT2D eigenvalue weighted by molar-refractivity contribution is -0.124. The molecule has 0 saturated carbocycles. The quantitative estimate of drug-likeness (QED) is 0.207. The molecule has 0 aliphatic carbocycles. The Morgan fingerprint density at radius 3 is 2.58 bits per heavy atom. The van der Waals surface area contributed by atoms with Gasteiger partial charge in [-0.05, 0) is 61.2 Å². The summed E-state index contributed by atoms with van der Waals surface area (Å²) in [6, 6.07) is 13.0. The molecule has 0 unspecified atom stereocenters. The number of methoxy groups -OCH3 is 1. The third-order valence-corrected chi connectivity index (χ3v) is 4.30. The van der Waals surface area contributed by atoms with Crippen LogP contribution in [0.4, 0.5) is 10.5 Å². The smallest absolute Gasteiger partial charge is 0.412 e. The largest absolute Gasteiger partial charge is 0.504 e. The maximum atomic E-state index is 12.4. The standard InChI is InChI=1S/C22H23N3O6/c1-30-20-12-9-16(13-18(20)26)19(5-3-2-4-6-21(27)25-29)31-22(28)24-17-10-7-15(14-23)8-11-17/h4,6-13,19,26,29H,2-3,5H2,1H3,(H,24,28)(H,25,27)/b6-4+/t19-/m1/s1. The molecule has 2 aromatic carbocycles. The summed E-state index contributed by atoms with van der Waals surface area (Å²) >= 11 is 0. The van der Waals surface area contributed by atoms with E-state index in [-0.39, 0.29) is 5.75 Å². The maximum absolute atomic E-state index is 12.4. The molecule has 0 spiro atoms. The molecule has 2 rings (SSSR count). The number of anilines is 1. The SMILES string of the molecule is COc1ccc([C@@H](CCC/C=C/C(=O)NO)OC(=O)Nc2ccc(C#N)cc2)cc1O. The monoisotopic (exact) mass is 425 g/mol. The van der Waals surface area contributed by atoms with Gasteiger partial charge in [-0.15, -0.1) is 0 Å². The Morgan fingerprint density at radius 1 is 1.23 bits per heavy atom. The van der Waals surface area contributed by atoms with E-state index in [0.29, 0.717) is 41.8 Å². The van der Waals surface area contributed by atoms with Crippen LogP contribution in [-0.2, 0) is 9.53 Å². The van der Waals surface area contributed by atoms with Crippen LogP contribution in [-0.4, -0.2) is 29.4 Å². The Balaban J connectivity index is 2.07. The van der Waals surface area contributed by atoms with Crippen LogP contribution in [0.5, 0.6) is 11.5 Å². The van der Waals surface area contributed by atoms with Crippen molar-refractivity contribution >= 4 is 17.7 Å². The highest BCUT2D eigenvalue weighted by molar-refractivity contribution is 5.86. The second kappa shape index (κ2) is 11.8. The van der Waals surface area contributed by atoms with E-state index < -0.39 is 18.1 Å². The Hall–Kier alpha value is -4.03. The normalized spacial score (nSPS) is 11.4. The highest BCUT2D eigenvalue weighted by Gasteiger charge is 2.18. The number of hydroxylamine groups is 1. The molecule has 0 heterocycles. The van der Waals surface area contributed by atoms with Crippen LogP contribution in [0.2, 0.25) is 0 Å². The van der Waals surface area contributed by atoms with Crippen LogP contribution < -0.4 is 15.5 Å². The van der Waals surface area contributed by atoms with Gasteiger partial charge in [0.05, 0.1) is 18.7 Å². The van der Waals surface area contributed by atoms with Gasteiger partial charge < -0.3 is 14.6 Å². The third-order valence-electron chi connectivity index (χ3n) is 4.30. The zero-order valence-corrected chi connectivity index (χ0v) is 16.9. The number of amides is 2. The average Bonchev–Trinajstić information content (AvgIpc) is 2.78. The number of rotatable bonds is 9. The van der Waals surface area contributed by atoms with E-state index >= 15 is 0 Å². The molecule has 2 amide bonds.